The number of hydrogen-bond acceptors (Lipinski definition) is 6. The summed E-state index contributed by atoms with van der Waals surface area (Å²) in [5, 5.41) is 4.68. The predicted octanol–water partition coefficient (Wildman–Crippen LogP) is 1.33. The average Bonchev–Trinajstić information content (AvgIpc) is 2.97. The van der Waals surface area contributed by atoms with Crippen LogP contribution in [-0.2, 0) is 31.4 Å². The van der Waals surface area contributed by atoms with E-state index in [1.54, 1.807) is 18.6 Å². The minimum atomic E-state index is 0.434. The molecule has 4 rings (SSSR count). The summed E-state index contributed by atoms with van der Waals surface area (Å²) in [5.41, 5.74) is 3.66. The molecule has 4 heterocycles. The van der Waals surface area contributed by atoms with Gasteiger partial charge in [-0.05, 0) is 12.8 Å². The molecule has 0 N–H and O–H groups in total. The molecule has 0 unspecified atom stereocenters. The summed E-state index contributed by atoms with van der Waals surface area (Å²) in [5.74, 6) is 0.536. The quantitative estimate of drug-likeness (QED) is 0.843. The Morgan fingerprint density at radius 1 is 1.29 bits per heavy atom. The lowest BCUT2D eigenvalue weighted by atomic mass is 10.00. The Kier molecular flexibility index (Phi) is 4.44. The van der Waals surface area contributed by atoms with Gasteiger partial charge in [0.25, 0.3) is 0 Å². The molecule has 0 radical (unpaired) electrons. The fourth-order valence-electron chi connectivity index (χ4n) is 3.67. The van der Waals surface area contributed by atoms with Crippen LogP contribution in [0.2, 0.25) is 0 Å². The number of fused-ring (bicyclic) bond motifs is 1. The molecular weight excluding hydrogens is 306 g/mol. The van der Waals surface area contributed by atoms with Crippen molar-refractivity contribution in [2.75, 3.05) is 19.8 Å². The largest absolute Gasteiger partial charge is 0.470 e. The van der Waals surface area contributed by atoms with Crippen molar-refractivity contribution >= 4 is 0 Å². The smallest absolute Gasteiger partial charge is 0.232 e. The molecule has 1 saturated heterocycles. The third-order valence-corrected chi connectivity index (χ3v) is 4.96. The van der Waals surface area contributed by atoms with Crippen molar-refractivity contribution in [3.05, 3.63) is 35.5 Å². The molecule has 2 aromatic heterocycles. The van der Waals surface area contributed by atoms with Crippen LogP contribution in [0, 0.1) is 0 Å². The minimum Gasteiger partial charge on any atom is -0.470 e. The van der Waals surface area contributed by atoms with Gasteiger partial charge < -0.3 is 9.47 Å². The van der Waals surface area contributed by atoms with Gasteiger partial charge in [0.1, 0.15) is 12.3 Å². The molecule has 0 spiro atoms. The fourth-order valence-corrected chi connectivity index (χ4v) is 3.67. The van der Waals surface area contributed by atoms with Crippen LogP contribution in [-0.4, -0.2) is 50.4 Å². The molecule has 7 heteroatoms. The molecule has 7 nitrogen and oxygen atoms in total. The van der Waals surface area contributed by atoms with Crippen molar-refractivity contribution in [2.45, 2.75) is 38.5 Å². The summed E-state index contributed by atoms with van der Waals surface area (Å²) < 4.78 is 13.3. The van der Waals surface area contributed by atoms with Crippen LogP contribution < -0.4 is 4.74 Å². The second-order valence-corrected chi connectivity index (χ2v) is 6.39. The zero-order chi connectivity index (χ0) is 16.4. The van der Waals surface area contributed by atoms with E-state index in [0.29, 0.717) is 18.5 Å². The van der Waals surface area contributed by atoms with Crippen molar-refractivity contribution in [1.29, 1.82) is 0 Å². The highest BCUT2D eigenvalue weighted by molar-refractivity contribution is 5.29. The Bertz CT molecular complexity index is 682. The monoisotopic (exact) mass is 329 g/mol. The van der Waals surface area contributed by atoms with Crippen LogP contribution in [0.4, 0.5) is 0 Å². The maximum Gasteiger partial charge on any atom is 0.232 e. The van der Waals surface area contributed by atoms with Gasteiger partial charge in [0.2, 0.25) is 5.88 Å². The molecule has 0 saturated carbocycles. The molecule has 128 valence electrons. The average molecular weight is 329 g/mol. The van der Waals surface area contributed by atoms with Crippen LogP contribution in [0.5, 0.6) is 5.88 Å². The Balaban J connectivity index is 1.49. The van der Waals surface area contributed by atoms with Crippen LogP contribution in [0.25, 0.3) is 0 Å². The predicted molar refractivity (Wildman–Crippen MR) is 87.5 cm³/mol. The molecule has 2 aliphatic heterocycles. The van der Waals surface area contributed by atoms with E-state index in [9.17, 15) is 0 Å². The highest BCUT2D eigenvalue weighted by Crippen LogP contribution is 2.27. The third-order valence-electron chi connectivity index (χ3n) is 4.96. The molecular formula is C17H23N5O2. The van der Waals surface area contributed by atoms with Gasteiger partial charge in [-0.3, -0.25) is 14.6 Å². The SMILES string of the molecule is Cn1nc(COc2cnccn2)c2c1CCN(C1CCOCC1)C2. The summed E-state index contributed by atoms with van der Waals surface area (Å²) in [6.07, 6.45) is 8.20. The standard InChI is InChI=1S/C17H23N5O2/c1-21-16-2-7-22(13-3-8-23-9-4-13)11-14(16)15(20-21)12-24-17-10-18-5-6-19-17/h5-6,10,13H,2-4,7-9,11-12H2,1H3. The van der Waals surface area contributed by atoms with Crippen molar-refractivity contribution < 1.29 is 9.47 Å². The second-order valence-electron chi connectivity index (χ2n) is 6.39. The van der Waals surface area contributed by atoms with Crippen molar-refractivity contribution in [2.24, 2.45) is 7.05 Å². The Morgan fingerprint density at radius 3 is 2.96 bits per heavy atom. The van der Waals surface area contributed by atoms with E-state index in [-0.39, 0.29) is 0 Å². The first-order valence-corrected chi connectivity index (χ1v) is 8.55. The number of hydrogen-bond donors (Lipinski definition) is 0. The lowest BCUT2D eigenvalue weighted by Gasteiger charge is -2.36. The van der Waals surface area contributed by atoms with E-state index in [0.717, 1.165) is 51.3 Å². The summed E-state index contributed by atoms with van der Waals surface area (Å²) in [6, 6.07) is 0.626. The summed E-state index contributed by atoms with van der Waals surface area (Å²) >= 11 is 0. The Labute approximate surface area is 141 Å². The van der Waals surface area contributed by atoms with Crippen molar-refractivity contribution in [1.82, 2.24) is 24.6 Å². The Morgan fingerprint density at radius 2 is 2.17 bits per heavy atom. The van der Waals surface area contributed by atoms with Crippen LogP contribution >= 0.6 is 0 Å². The van der Waals surface area contributed by atoms with Crippen molar-refractivity contribution in [3.8, 4) is 5.88 Å². The number of rotatable bonds is 4. The molecule has 0 bridgehead atoms. The molecule has 2 aromatic rings. The second kappa shape index (κ2) is 6.86. The third kappa shape index (κ3) is 3.14. The Hall–Kier alpha value is -1.99. The van der Waals surface area contributed by atoms with Gasteiger partial charge in [-0.25, -0.2) is 4.98 Å². The fraction of sp³-hybridized carbons (Fsp3) is 0.588. The van der Waals surface area contributed by atoms with E-state index in [1.807, 2.05) is 11.7 Å². The van der Waals surface area contributed by atoms with E-state index in [4.69, 9.17) is 9.47 Å². The first kappa shape index (κ1) is 15.5. The van der Waals surface area contributed by atoms with Gasteiger partial charge in [-0.15, -0.1) is 0 Å². The number of nitrogens with zero attached hydrogens (tertiary/aromatic N) is 5. The zero-order valence-corrected chi connectivity index (χ0v) is 14.0. The van der Waals surface area contributed by atoms with Gasteiger partial charge >= 0.3 is 0 Å². The van der Waals surface area contributed by atoms with Crippen LogP contribution in [0.3, 0.4) is 0 Å². The first-order chi connectivity index (χ1) is 11.8. The molecule has 0 aromatic carbocycles. The highest BCUT2D eigenvalue weighted by Gasteiger charge is 2.29. The topological polar surface area (TPSA) is 65.3 Å². The van der Waals surface area contributed by atoms with Gasteiger partial charge in [0, 0.05) is 69.5 Å². The number of ether oxygens (including phenoxy) is 2. The van der Waals surface area contributed by atoms with Crippen LogP contribution in [0.1, 0.15) is 29.8 Å². The molecule has 0 amide bonds. The van der Waals surface area contributed by atoms with Gasteiger partial charge in [-0.2, -0.15) is 5.10 Å². The summed E-state index contributed by atoms with van der Waals surface area (Å²) in [7, 11) is 2.02. The van der Waals surface area contributed by atoms with Gasteiger partial charge in [0.15, 0.2) is 0 Å². The minimum absolute atomic E-state index is 0.434. The summed E-state index contributed by atoms with van der Waals surface area (Å²) in [6.45, 7) is 4.24. The number of aryl methyl sites for hydroxylation is 1. The van der Waals surface area contributed by atoms with Gasteiger partial charge in [0.05, 0.1) is 6.20 Å². The molecule has 1 fully saturated rings. The summed E-state index contributed by atoms with van der Waals surface area (Å²) in [4.78, 5) is 10.8. The van der Waals surface area contributed by atoms with Crippen LogP contribution in [0.15, 0.2) is 18.6 Å². The van der Waals surface area contributed by atoms with E-state index in [1.165, 1.54) is 11.3 Å². The highest BCUT2D eigenvalue weighted by atomic mass is 16.5. The first-order valence-electron chi connectivity index (χ1n) is 8.55. The molecule has 24 heavy (non-hydrogen) atoms. The van der Waals surface area contributed by atoms with Gasteiger partial charge in [-0.1, -0.05) is 0 Å². The molecule has 0 atom stereocenters. The molecule has 0 aliphatic carbocycles. The lowest BCUT2D eigenvalue weighted by Crippen LogP contribution is -2.42. The maximum atomic E-state index is 5.76. The lowest BCUT2D eigenvalue weighted by molar-refractivity contribution is 0.0286. The maximum absolute atomic E-state index is 5.76. The molecule has 2 aliphatic rings. The van der Waals surface area contributed by atoms with E-state index >= 15 is 0 Å². The zero-order valence-electron chi connectivity index (χ0n) is 14.0. The van der Waals surface area contributed by atoms with E-state index in [2.05, 4.69) is 20.0 Å². The number of aromatic nitrogens is 4. The van der Waals surface area contributed by atoms with Crippen molar-refractivity contribution in [3.63, 3.8) is 0 Å². The normalized spacial score (nSPS) is 19.2. The van der Waals surface area contributed by atoms with E-state index < -0.39 is 0 Å².